The number of carbonyl (C=O) groups is 3. The highest BCUT2D eigenvalue weighted by molar-refractivity contribution is 6.09. The molecule has 168 valence electrons. The Morgan fingerprint density at radius 2 is 1.94 bits per heavy atom. The fourth-order valence-corrected chi connectivity index (χ4v) is 3.83. The maximum Gasteiger partial charge on any atom is 0.344 e. The van der Waals surface area contributed by atoms with E-state index >= 15 is 0 Å². The fourth-order valence-electron chi connectivity index (χ4n) is 3.83. The molecule has 2 aromatic carbocycles. The Hall–Kier alpha value is -3.39. The Bertz CT molecular complexity index is 973. The molecule has 2 saturated heterocycles. The molecule has 4 rings (SSSR count). The summed E-state index contributed by atoms with van der Waals surface area (Å²) in [5.74, 6) is -0.407. The molecule has 0 spiro atoms. The first-order valence-electron chi connectivity index (χ1n) is 10.8. The number of hydrogen-bond donors (Lipinski definition) is 2. The number of benzene rings is 2. The van der Waals surface area contributed by atoms with E-state index in [0.29, 0.717) is 30.8 Å². The minimum absolute atomic E-state index is 0.105. The van der Waals surface area contributed by atoms with Gasteiger partial charge in [0.2, 0.25) is 0 Å². The van der Waals surface area contributed by atoms with Crippen LogP contribution in [0.25, 0.3) is 0 Å². The number of ether oxygens (including phenoxy) is 2. The molecule has 2 fully saturated rings. The lowest BCUT2D eigenvalue weighted by atomic mass is 9.93. The van der Waals surface area contributed by atoms with Crippen LogP contribution in [0.4, 0.5) is 4.79 Å². The molecule has 0 saturated carbocycles. The van der Waals surface area contributed by atoms with Crippen molar-refractivity contribution < 1.29 is 23.9 Å². The lowest BCUT2D eigenvalue weighted by Crippen LogP contribution is -2.48. The summed E-state index contributed by atoms with van der Waals surface area (Å²) in [6.07, 6.45) is 3.18. The summed E-state index contributed by atoms with van der Waals surface area (Å²) in [7, 11) is 0. The number of carbonyl (C=O) groups excluding carboxylic acids is 3. The Morgan fingerprint density at radius 1 is 1.19 bits per heavy atom. The second-order valence-corrected chi connectivity index (χ2v) is 8.30. The summed E-state index contributed by atoms with van der Waals surface area (Å²) in [5, 5.41) is 3.46. The van der Waals surface area contributed by atoms with Gasteiger partial charge >= 0.3 is 6.03 Å². The number of nitrogens with one attached hydrogen (secondary N) is 2. The van der Waals surface area contributed by atoms with Gasteiger partial charge in [-0.1, -0.05) is 30.3 Å². The molecule has 2 heterocycles. The van der Waals surface area contributed by atoms with Crippen LogP contribution in [0.15, 0.2) is 54.6 Å². The number of imide groups is 1. The highest BCUT2D eigenvalue weighted by Gasteiger charge is 2.48. The van der Waals surface area contributed by atoms with Crippen LogP contribution in [-0.2, 0) is 16.0 Å². The van der Waals surface area contributed by atoms with Crippen molar-refractivity contribution in [2.24, 2.45) is 0 Å². The van der Waals surface area contributed by atoms with Crippen molar-refractivity contribution in [2.45, 2.75) is 44.2 Å². The molecule has 4 amide bonds. The lowest BCUT2D eigenvalue weighted by molar-refractivity contribution is -0.132. The molecule has 0 radical (unpaired) electrons. The third-order valence-corrected chi connectivity index (χ3v) is 5.81. The van der Waals surface area contributed by atoms with E-state index in [4.69, 9.17) is 9.47 Å². The van der Waals surface area contributed by atoms with Crippen molar-refractivity contribution in [1.29, 1.82) is 0 Å². The SMILES string of the molecule is C[C@]1(CCc2ccccc2)NC(=O)N(NC(=O)c2ccc(OC[C@H]3CCCO3)cc2)C1=O. The van der Waals surface area contributed by atoms with E-state index in [1.165, 1.54) is 0 Å². The van der Waals surface area contributed by atoms with Crippen LogP contribution in [0.2, 0.25) is 0 Å². The minimum Gasteiger partial charge on any atom is -0.491 e. The van der Waals surface area contributed by atoms with Gasteiger partial charge in [0, 0.05) is 12.2 Å². The Morgan fingerprint density at radius 3 is 2.62 bits per heavy atom. The monoisotopic (exact) mass is 437 g/mol. The van der Waals surface area contributed by atoms with Gasteiger partial charge in [0.05, 0.1) is 6.10 Å². The highest BCUT2D eigenvalue weighted by Crippen LogP contribution is 2.23. The number of urea groups is 1. The summed E-state index contributed by atoms with van der Waals surface area (Å²) in [4.78, 5) is 37.9. The molecule has 8 nitrogen and oxygen atoms in total. The van der Waals surface area contributed by atoms with Gasteiger partial charge in [0.1, 0.15) is 17.9 Å². The molecule has 8 heteroatoms. The summed E-state index contributed by atoms with van der Waals surface area (Å²) >= 11 is 0. The van der Waals surface area contributed by atoms with Gasteiger partial charge in [-0.15, -0.1) is 0 Å². The summed E-state index contributed by atoms with van der Waals surface area (Å²) in [5.41, 5.74) is 2.72. The van der Waals surface area contributed by atoms with Crippen LogP contribution in [0, 0.1) is 0 Å². The molecule has 0 unspecified atom stereocenters. The molecule has 32 heavy (non-hydrogen) atoms. The molecule has 0 aliphatic carbocycles. The van der Waals surface area contributed by atoms with E-state index in [1.807, 2.05) is 30.3 Å². The maximum absolute atomic E-state index is 12.9. The number of hydrogen-bond acceptors (Lipinski definition) is 5. The second kappa shape index (κ2) is 9.40. The first-order valence-corrected chi connectivity index (χ1v) is 10.8. The van der Waals surface area contributed by atoms with Crippen molar-refractivity contribution in [2.75, 3.05) is 13.2 Å². The van der Waals surface area contributed by atoms with E-state index in [1.54, 1.807) is 31.2 Å². The number of rotatable bonds is 8. The fraction of sp³-hybridized carbons (Fsp3) is 0.375. The van der Waals surface area contributed by atoms with Crippen LogP contribution in [0.5, 0.6) is 5.75 Å². The zero-order valence-electron chi connectivity index (χ0n) is 18.0. The van der Waals surface area contributed by atoms with Crippen molar-refractivity contribution in [3.63, 3.8) is 0 Å². The van der Waals surface area contributed by atoms with Crippen LogP contribution in [-0.4, -0.2) is 47.7 Å². The first kappa shape index (κ1) is 21.8. The van der Waals surface area contributed by atoms with E-state index in [9.17, 15) is 14.4 Å². The van der Waals surface area contributed by atoms with Gasteiger partial charge in [0.25, 0.3) is 11.8 Å². The topological polar surface area (TPSA) is 97.0 Å². The molecule has 0 bridgehead atoms. The lowest BCUT2D eigenvalue weighted by Gasteiger charge is -2.21. The largest absolute Gasteiger partial charge is 0.491 e. The van der Waals surface area contributed by atoms with Crippen molar-refractivity contribution in [3.05, 3.63) is 65.7 Å². The predicted molar refractivity (Wildman–Crippen MR) is 117 cm³/mol. The van der Waals surface area contributed by atoms with Crippen LogP contribution in [0.1, 0.15) is 42.1 Å². The molecule has 2 N–H and O–H groups in total. The summed E-state index contributed by atoms with van der Waals surface area (Å²) < 4.78 is 11.2. The van der Waals surface area contributed by atoms with Gasteiger partial charge in [0.15, 0.2) is 0 Å². The van der Waals surface area contributed by atoms with E-state index < -0.39 is 23.4 Å². The molecular formula is C24H27N3O5. The molecule has 2 atom stereocenters. The average molecular weight is 437 g/mol. The van der Waals surface area contributed by atoms with Gasteiger partial charge in [-0.2, -0.15) is 5.01 Å². The normalized spacial score (nSPS) is 22.7. The molecular weight excluding hydrogens is 410 g/mol. The van der Waals surface area contributed by atoms with Gasteiger partial charge in [-0.05, 0) is 62.4 Å². The average Bonchev–Trinajstić information content (AvgIpc) is 3.40. The molecule has 2 aliphatic heterocycles. The zero-order chi connectivity index (χ0) is 22.6. The smallest absolute Gasteiger partial charge is 0.344 e. The Balaban J connectivity index is 1.33. The minimum atomic E-state index is -1.08. The first-order chi connectivity index (χ1) is 15.4. The number of amides is 4. The summed E-state index contributed by atoms with van der Waals surface area (Å²) in [6, 6.07) is 15.6. The predicted octanol–water partition coefficient (Wildman–Crippen LogP) is 2.83. The van der Waals surface area contributed by atoms with Crippen LogP contribution in [0.3, 0.4) is 0 Å². The van der Waals surface area contributed by atoms with Crippen molar-refractivity contribution >= 4 is 17.8 Å². The number of nitrogens with zero attached hydrogens (tertiary/aromatic N) is 1. The van der Waals surface area contributed by atoms with Gasteiger partial charge < -0.3 is 14.8 Å². The molecule has 2 aliphatic rings. The Labute approximate surface area is 186 Å². The quantitative estimate of drug-likeness (QED) is 0.619. The third kappa shape index (κ3) is 4.91. The second-order valence-electron chi connectivity index (χ2n) is 8.30. The number of hydrazine groups is 1. The van der Waals surface area contributed by atoms with E-state index in [0.717, 1.165) is 30.0 Å². The number of aryl methyl sites for hydroxylation is 1. The Kier molecular flexibility index (Phi) is 6.41. The van der Waals surface area contributed by atoms with Crippen molar-refractivity contribution in [1.82, 2.24) is 15.8 Å². The zero-order valence-corrected chi connectivity index (χ0v) is 18.0. The summed E-state index contributed by atoms with van der Waals surface area (Å²) in [6.45, 7) is 2.90. The van der Waals surface area contributed by atoms with Crippen molar-refractivity contribution in [3.8, 4) is 5.75 Å². The van der Waals surface area contributed by atoms with Gasteiger partial charge in [-0.3, -0.25) is 15.0 Å². The van der Waals surface area contributed by atoms with E-state index in [2.05, 4.69) is 10.7 Å². The van der Waals surface area contributed by atoms with Crippen LogP contribution < -0.4 is 15.5 Å². The van der Waals surface area contributed by atoms with E-state index in [-0.39, 0.29) is 6.10 Å². The third-order valence-electron chi connectivity index (χ3n) is 5.81. The highest BCUT2D eigenvalue weighted by atomic mass is 16.5. The molecule has 0 aromatic heterocycles. The van der Waals surface area contributed by atoms with Crippen LogP contribution >= 0.6 is 0 Å². The van der Waals surface area contributed by atoms with Gasteiger partial charge in [-0.25, -0.2) is 4.79 Å². The maximum atomic E-state index is 12.9. The standard InChI is InChI=1S/C24H27N3O5/c1-24(14-13-17-6-3-2-4-7-17)22(29)27(23(30)25-24)26-21(28)18-9-11-19(12-10-18)32-16-20-8-5-15-31-20/h2-4,6-7,9-12,20H,5,8,13-16H2,1H3,(H,25,30)(H,26,28)/t20-,24-/m1/s1. The molecule has 2 aromatic rings.